The van der Waals surface area contributed by atoms with Crippen molar-refractivity contribution in [2.75, 3.05) is 13.2 Å². The van der Waals surface area contributed by atoms with Crippen molar-refractivity contribution < 1.29 is 4.74 Å². The molecule has 100 valence electrons. The quantitative estimate of drug-likeness (QED) is 0.914. The van der Waals surface area contributed by atoms with E-state index >= 15 is 0 Å². The Morgan fingerprint density at radius 3 is 3.00 bits per heavy atom. The summed E-state index contributed by atoms with van der Waals surface area (Å²) in [4.78, 5) is 0. The van der Waals surface area contributed by atoms with Crippen LogP contribution in [0.3, 0.4) is 0 Å². The number of ether oxygens (including phenoxy) is 1. The molecule has 3 rings (SSSR count). The Bertz CT molecular complexity index is 523. The SMILES string of the molecule is CC1NCCOC1c1cnn(Cc2ccccc2)c1. The smallest absolute Gasteiger partial charge is 0.101 e. The summed E-state index contributed by atoms with van der Waals surface area (Å²) in [6.45, 7) is 4.64. The molecule has 1 aromatic carbocycles. The lowest BCUT2D eigenvalue weighted by Gasteiger charge is -2.29. The van der Waals surface area contributed by atoms with E-state index in [2.05, 4.69) is 47.8 Å². The number of aromatic nitrogens is 2. The molecule has 2 aromatic rings. The predicted molar refractivity (Wildman–Crippen MR) is 73.9 cm³/mol. The van der Waals surface area contributed by atoms with Crippen molar-refractivity contribution in [1.29, 1.82) is 0 Å². The zero-order valence-corrected chi connectivity index (χ0v) is 11.1. The van der Waals surface area contributed by atoms with Gasteiger partial charge in [-0.05, 0) is 12.5 Å². The first-order chi connectivity index (χ1) is 9.33. The Balaban J connectivity index is 1.72. The summed E-state index contributed by atoms with van der Waals surface area (Å²) < 4.78 is 7.79. The summed E-state index contributed by atoms with van der Waals surface area (Å²) in [7, 11) is 0. The molecule has 2 atom stereocenters. The van der Waals surface area contributed by atoms with E-state index in [-0.39, 0.29) is 6.10 Å². The Morgan fingerprint density at radius 2 is 2.21 bits per heavy atom. The van der Waals surface area contributed by atoms with E-state index in [1.54, 1.807) is 0 Å². The summed E-state index contributed by atoms with van der Waals surface area (Å²) in [6.07, 6.45) is 4.11. The van der Waals surface area contributed by atoms with Gasteiger partial charge < -0.3 is 10.1 Å². The van der Waals surface area contributed by atoms with E-state index < -0.39 is 0 Å². The second-order valence-corrected chi connectivity index (χ2v) is 4.99. The molecule has 1 saturated heterocycles. The molecule has 1 N–H and O–H groups in total. The molecule has 1 aliphatic heterocycles. The van der Waals surface area contributed by atoms with Crippen LogP contribution in [0.4, 0.5) is 0 Å². The minimum atomic E-state index is 0.110. The molecule has 0 spiro atoms. The Kier molecular flexibility index (Phi) is 3.62. The van der Waals surface area contributed by atoms with Gasteiger partial charge in [0.1, 0.15) is 6.10 Å². The predicted octanol–water partition coefficient (Wildman–Crippen LogP) is 1.98. The first-order valence-electron chi connectivity index (χ1n) is 6.74. The molecule has 0 aliphatic carbocycles. The van der Waals surface area contributed by atoms with Crippen LogP contribution >= 0.6 is 0 Å². The van der Waals surface area contributed by atoms with Crippen LogP contribution < -0.4 is 5.32 Å². The fraction of sp³-hybridized carbons (Fsp3) is 0.400. The van der Waals surface area contributed by atoms with E-state index in [9.17, 15) is 0 Å². The largest absolute Gasteiger partial charge is 0.370 e. The Hall–Kier alpha value is -1.65. The first kappa shape index (κ1) is 12.4. The number of rotatable bonds is 3. The van der Waals surface area contributed by atoms with Gasteiger partial charge in [-0.3, -0.25) is 4.68 Å². The molecule has 19 heavy (non-hydrogen) atoms. The normalized spacial score (nSPS) is 23.4. The Labute approximate surface area is 113 Å². The maximum atomic E-state index is 5.82. The number of nitrogens with zero attached hydrogens (tertiary/aromatic N) is 2. The fourth-order valence-electron chi connectivity index (χ4n) is 2.49. The van der Waals surface area contributed by atoms with Crippen LogP contribution in [0.5, 0.6) is 0 Å². The monoisotopic (exact) mass is 257 g/mol. The van der Waals surface area contributed by atoms with Crippen molar-refractivity contribution in [3.05, 3.63) is 53.9 Å². The van der Waals surface area contributed by atoms with Gasteiger partial charge in [0.25, 0.3) is 0 Å². The molecule has 0 bridgehead atoms. The average molecular weight is 257 g/mol. The van der Waals surface area contributed by atoms with Crippen molar-refractivity contribution in [3.8, 4) is 0 Å². The topological polar surface area (TPSA) is 39.1 Å². The van der Waals surface area contributed by atoms with Gasteiger partial charge in [0, 0.05) is 24.3 Å². The van der Waals surface area contributed by atoms with Gasteiger partial charge in [-0.15, -0.1) is 0 Å². The lowest BCUT2D eigenvalue weighted by molar-refractivity contribution is -0.000271. The van der Waals surface area contributed by atoms with Gasteiger partial charge in [0.05, 0.1) is 19.3 Å². The number of hydrogen-bond acceptors (Lipinski definition) is 3. The highest BCUT2D eigenvalue weighted by Gasteiger charge is 2.24. The third-order valence-electron chi connectivity index (χ3n) is 3.49. The van der Waals surface area contributed by atoms with Crippen LogP contribution in [0.2, 0.25) is 0 Å². The summed E-state index contributed by atoms with van der Waals surface area (Å²) in [5, 5.41) is 7.86. The van der Waals surface area contributed by atoms with Crippen molar-refractivity contribution in [3.63, 3.8) is 0 Å². The summed E-state index contributed by atoms with van der Waals surface area (Å²) in [5.41, 5.74) is 2.41. The molecule has 0 amide bonds. The molecule has 4 nitrogen and oxygen atoms in total. The van der Waals surface area contributed by atoms with E-state index in [1.165, 1.54) is 5.56 Å². The van der Waals surface area contributed by atoms with E-state index in [1.807, 2.05) is 16.9 Å². The molecule has 2 heterocycles. The van der Waals surface area contributed by atoms with Gasteiger partial charge in [-0.25, -0.2) is 0 Å². The van der Waals surface area contributed by atoms with Gasteiger partial charge in [-0.2, -0.15) is 5.10 Å². The molecule has 1 aromatic heterocycles. The van der Waals surface area contributed by atoms with E-state index in [0.29, 0.717) is 6.04 Å². The number of hydrogen-bond donors (Lipinski definition) is 1. The average Bonchev–Trinajstić information content (AvgIpc) is 2.89. The lowest BCUT2D eigenvalue weighted by atomic mass is 10.1. The van der Waals surface area contributed by atoms with Crippen LogP contribution in [0, 0.1) is 0 Å². The summed E-state index contributed by atoms with van der Waals surface area (Å²) in [6, 6.07) is 10.7. The van der Waals surface area contributed by atoms with Crippen LogP contribution in [-0.2, 0) is 11.3 Å². The molecule has 1 fully saturated rings. The maximum Gasteiger partial charge on any atom is 0.101 e. The zero-order valence-electron chi connectivity index (χ0n) is 11.1. The van der Waals surface area contributed by atoms with Crippen LogP contribution in [0.25, 0.3) is 0 Å². The van der Waals surface area contributed by atoms with Crippen molar-refractivity contribution in [1.82, 2.24) is 15.1 Å². The zero-order chi connectivity index (χ0) is 13.1. The van der Waals surface area contributed by atoms with Crippen molar-refractivity contribution >= 4 is 0 Å². The molecule has 4 heteroatoms. The first-order valence-corrected chi connectivity index (χ1v) is 6.74. The molecular weight excluding hydrogens is 238 g/mol. The third-order valence-corrected chi connectivity index (χ3v) is 3.49. The third kappa shape index (κ3) is 2.85. The standard InChI is InChI=1S/C15H19N3O/c1-12-15(19-8-7-16-12)14-9-17-18(11-14)10-13-5-3-2-4-6-13/h2-6,9,11-12,15-16H,7-8,10H2,1H3. The number of benzene rings is 1. The van der Waals surface area contributed by atoms with E-state index in [4.69, 9.17) is 4.74 Å². The van der Waals surface area contributed by atoms with Crippen molar-refractivity contribution in [2.45, 2.75) is 25.6 Å². The fourth-order valence-corrected chi connectivity index (χ4v) is 2.49. The highest BCUT2D eigenvalue weighted by Crippen LogP contribution is 2.23. The van der Waals surface area contributed by atoms with Gasteiger partial charge in [0.15, 0.2) is 0 Å². The van der Waals surface area contributed by atoms with Crippen LogP contribution in [0.15, 0.2) is 42.7 Å². The molecule has 1 aliphatic rings. The molecule has 0 saturated carbocycles. The number of morpholine rings is 1. The van der Waals surface area contributed by atoms with Gasteiger partial charge >= 0.3 is 0 Å². The minimum Gasteiger partial charge on any atom is -0.370 e. The highest BCUT2D eigenvalue weighted by molar-refractivity contribution is 5.17. The minimum absolute atomic E-state index is 0.110. The van der Waals surface area contributed by atoms with Crippen LogP contribution in [0.1, 0.15) is 24.2 Å². The lowest BCUT2D eigenvalue weighted by Crippen LogP contribution is -2.41. The molecular formula is C15H19N3O. The molecule has 0 radical (unpaired) electrons. The molecule has 2 unspecified atom stereocenters. The summed E-state index contributed by atoms with van der Waals surface area (Å²) >= 11 is 0. The van der Waals surface area contributed by atoms with Gasteiger partial charge in [0.2, 0.25) is 0 Å². The maximum absolute atomic E-state index is 5.82. The Morgan fingerprint density at radius 1 is 1.37 bits per heavy atom. The second-order valence-electron chi connectivity index (χ2n) is 4.99. The highest BCUT2D eigenvalue weighted by atomic mass is 16.5. The number of nitrogens with one attached hydrogen (secondary N) is 1. The van der Waals surface area contributed by atoms with Crippen LogP contribution in [-0.4, -0.2) is 29.0 Å². The van der Waals surface area contributed by atoms with Gasteiger partial charge in [-0.1, -0.05) is 30.3 Å². The summed E-state index contributed by atoms with van der Waals surface area (Å²) in [5.74, 6) is 0. The second kappa shape index (κ2) is 5.55. The van der Waals surface area contributed by atoms with Crippen molar-refractivity contribution in [2.24, 2.45) is 0 Å². The van der Waals surface area contributed by atoms with E-state index in [0.717, 1.165) is 25.3 Å².